The molecular formula is C15H17N3O2S2. The lowest BCUT2D eigenvalue weighted by Crippen LogP contribution is -2.45. The molecule has 116 valence electrons. The fourth-order valence-electron chi connectivity index (χ4n) is 3.45. The second kappa shape index (κ2) is 4.70. The van der Waals surface area contributed by atoms with Crippen molar-refractivity contribution >= 4 is 32.7 Å². The summed E-state index contributed by atoms with van der Waals surface area (Å²) in [7, 11) is -3.53. The summed E-state index contributed by atoms with van der Waals surface area (Å²) < 4.78 is 28.2. The molecule has 0 aliphatic carbocycles. The van der Waals surface area contributed by atoms with Crippen LogP contribution in [0, 0.1) is 13.8 Å². The van der Waals surface area contributed by atoms with Crippen LogP contribution < -0.4 is 9.21 Å². The summed E-state index contributed by atoms with van der Waals surface area (Å²) in [4.78, 5) is 8.71. The predicted molar refractivity (Wildman–Crippen MR) is 88.3 cm³/mol. The molecule has 1 atom stereocenters. The van der Waals surface area contributed by atoms with Crippen LogP contribution in [-0.4, -0.2) is 32.5 Å². The highest BCUT2D eigenvalue weighted by molar-refractivity contribution is 7.93. The molecule has 4 heterocycles. The van der Waals surface area contributed by atoms with Gasteiger partial charge in [-0.1, -0.05) is 0 Å². The van der Waals surface area contributed by atoms with Crippen LogP contribution >= 0.6 is 11.3 Å². The molecule has 0 radical (unpaired) electrons. The van der Waals surface area contributed by atoms with Gasteiger partial charge in [-0.2, -0.15) is 0 Å². The molecule has 2 aromatic rings. The van der Waals surface area contributed by atoms with Gasteiger partial charge in [-0.25, -0.2) is 8.42 Å². The van der Waals surface area contributed by atoms with Crippen LogP contribution in [0.5, 0.6) is 0 Å². The largest absolute Gasteiger partial charge is 0.366 e. The highest BCUT2D eigenvalue weighted by Crippen LogP contribution is 2.43. The molecule has 5 nitrogen and oxygen atoms in total. The second-order valence-electron chi connectivity index (χ2n) is 5.83. The maximum Gasteiger partial charge on any atom is 0.265 e. The van der Waals surface area contributed by atoms with E-state index in [0.717, 1.165) is 40.6 Å². The van der Waals surface area contributed by atoms with E-state index in [2.05, 4.69) is 9.88 Å². The Morgan fingerprint density at radius 3 is 2.86 bits per heavy atom. The van der Waals surface area contributed by atoms with Gasteiger partial charge >= 0.3 is 0 Å². The van der Waals surface area contributed by atoms with Gasteiger partial charge in [0.15, 0.2) is 0 Å². The van der Waals surface area contributed by atoms with Crippen LogP contribution in [0.4, 0.5) is 11.4 Å². The highest BCUT2D eigenvalue weighted by Gasteiger charge is 2.43. The number of sulfonamides is 1. The minimum atomic E-state index is -3.53. The van der Waals surface area contributed by atoms with Crippen LogP contribution in [0.3, 0.4) is 0 Å². The van der Waals surface area contributed by atoms with E-state index in [1.165, 1.54) is 11.3 Å². The van der Waals surface area contributed by atoms with Gasteiger partial charge in [-0.15, -0.1) is 11.3 Å². The lowest BCUT2D eigenvalue weighted by atomic mass is 10.2. The van der Waals surface area contributed by atoms with Crippen LogP contribution in [0.1, 0.15) is 16.2 Å². The maximum absolute atomic E-state index is 13.3. The number of aryl methyl sites for hydroxylation is 2. The molecule has 2 aromatic heterocycles. The van der Waals surface area contributed by atoms with Gasteiger partial charge in [-0.3, -0.25) is 9.29 Å². The van der Waals surface area contributed by atoms with Crippen LogP contribution in [0.25, 0.3) is 0 Å². The average Bonchev–Trinajstić information content (AvgIpc) is 3.04. The van der Waals surface area contributed by atoms with E-state index >= 15 is 0 Å². The lowest BCUT2D eigenvalue weighted by Gasteiger charge is -2.36. The van der Waals surface area contributed by atoms with E-state index in [-0.39, 0.29) is 6.04 Å². The van der Waals surface area contributed by atoms with Gasteiger partial charge in [0, 0.05) is 29.0 Å². The van der Waals surface area contributed by atoms with Crippen molar-refractivity contribution < 1.29 is 8.42 Å². The summed E-state index contributed by atoms with van der Waals surface area (Å²) in [6.45, 7) is 5.46. The topological polar surface area (TPSA) is 53.5 Å². The molecule has 4 rings (SSSR count). The number of rotatable bonds is 2. The molecule has 22 heavy (non-hydrogen) atoms. The molecule has 0 saturated carbocycles. The van der Waals surface area contributed by atoms with Crippen molar-refractivity contribution in [2.45, 2.75) is 31.2 Å². The van der Waals surface area contributed by atoms with Crippen molar-refractivity contribution in [2.75, 3.05) is 22.3 Å². The van der Waals surface area contributed by atoms with Crippen LogP contribution in [-0.2, 0) is 10.0 Å². The number of fused-ring (bicyclic) bond motifs is 4. The third-order valence-electron chi connectivity index (χ3n) is 4.38. The first-order valence-corrected chi connectivity index (χ1v) is 9.54. The Morgan fingerprint density at radius 1 is 1.32 bits per heavy atom. The van der Waals surface area contributed by atoms with Gasteiger partial charge in [-0.05, 0) is 32.4 Å². The summed E-state index contributed by atoms with van der Waals surface area (Å²) in [5.74, 6) is 0. The number of thiophene rings is 1. The lowest BCUT2D eigenvalue weighted by molar-refractivity contribution is 0.578. The summed E-state index contributed by atoms with van der Waals surface area (Å²) >= 11 is 1.53. The molecule has 0 N–H and O–H groups in total. The molecule has 0 spiro atoms. The Kier molecular flexibility index (Phi) is 2.99. The molecule has 2 bridgehead atoms. The quantitative estimate of drug-likeness (QED) is 0.846. The van der Waals surface area contributed by atoms with Crippen LogP contribution in [0.2, 0.25) is 0 Å². The summed E-state index contributed by atoms with van der Waals surface area (Å²) in [6.07, 6.45) is 4.29. The van der Waals surface area contributed by atoms with E-state index in [1.54, 1.807) is 22.8 Å². The summed E-state index contributed by atoms with van der Waals surface area (Å²) in [6, 6.07) is 3.61. The second-order valence-corrected chi connectivity index (χ2v) is 9.08. The molecular weight excluding hydrogens is 318 g/mol. The fourth-order valence-corrected chi connectivity index (χ4v) is 6.67. The first-order chi connectivity index (χ1) is 10.5. The molecule has 2 aliphatic rings. The van der Waals surface area contributed by atoms with Gasteiger partial charge < -0.3 is 4.90 Å². The number of pyridine rings is 1. The van der Waals surface area contributed by atoms with Gasteiger partial charge in [0.2, 0.25) is 0 Å². The Bertz CT molecular complexity index is 844. The van der Waals surface area contributed by atoms with Gasteiger partial charge in [0.25, 0.3) is 10.0 Å². The van der Waals surface area contributed by atoms with Crippen molar-refractivity contribution in [2.24, 2.45) is 0 Å². The van der Waals surface area contributed by atoms with Crippen LogP contribution in [0.15, 0.2) is 29.4 Å². The first kappa shape index (κ1) is 14.0. The molecule has 1 fully saturated rings. The Hall–Kier alpha value is -1.60. The first-order valence-electron chi connectivity index (χ1n) is 7.29. The zero-order chi connectivity index (χ0) is 15.5. The van der Waals surface area contributed by atoms with Gasteiger partial charge in [0.05, 0.1) is 23.6 Å². The SMILES string of the molecule is Cc1cc(S(=O)(=O)N2c3ccncc3N3CCC2C3)c(C)s1. The highest BCUT2D eigenvalue weighted by atomic mass is 32.2. The summed E-state index contributed by atoms with van der Waals surface area (Å²) in [5.41, 5.74) is 1.68. The molecule has 7 heteroatoms. The third-order valence-corrected chi connectivity index (χ3v) is 7.47. The fraction of sp³-hybridized carbons (Fsp3) is 0.400. The van der Waals surface area contributed by atoms with Crippen molar-refractivity contribution in [3.05, 3.63) is 34.3 Å². The normalized spacial score (nSPS) is 20.4. The summed E-state index contributed by atoms with van der Waals surface area (Å²) in [5, 5.41) is 0. The predicted octanol–water partition coefficient (Wildman–Crippen LogP) is 2.55. The zero-order valence-corrected chi connectivity index (χ0v) is 14.1. The molecule has 0 aromatic carbocycles. The molecule has 1 unspecified atom stereocenters. The van der Waals surface area contributed by atoms with Crippen molar-refractivity contribution in [1.29, 1.82) is 0 Å². The number of hydrogen-bond acceptors (Lipinski definition) is 5. The van der Waals surface area contributed by atoms with E-state index in [9.17, 15) is 8.42 Å². The standard InChI is InChI=1S/C15H17N3O2S2/c1-10-7-15(11(2)21-10)22(19,20)18-12-4-6-17(9-12)14-8-16-5-3-13(14)18/h3,5,7-8,12H,4,6,9H2,1-2H3. The number of hydrogen-bond donors (Lipinski definition) is 0. The van der Waals surface area contributed by atoms with Crippen molar-refractivity contribution in [3.8, 4) is 0 Å². The molecule has 2 aliphatic heterocycles. The number of nitrogens with zero attached hydrogens (tertiary/aromatic N) is 3. The monoisotopic (exact) mass is 335 g/mol. The Balaban J connectivity index is 1.91. The van der Waals surface area contributed by atoms with Gasteiger partial charge in [0.1, 0.15) is 4.90 Å². The Morgan fingerprint density at radius 2 is 2.14 bits per heavy atom. The maximum atomic E-state index is 13.3. The smallest absolute Gasteiger partial charge is 0.265 e. The molecule has 1 saturated heterocycles. The minimum absolute atomic E-state index is 0.0134. The minimum Gasteiger partial charge on any atom is -0.366 e. The van der Waals surface area contributed by atoms with Crippen molar-refractivity contribution in [3.63, 3.8) is 0 Å². The molecule has 0 amide bonds. The van der Waals surface area contributed by atoms with E-state index in [0.29, 0.717) is 4.90 Å². The number of aromatic nitrogens is 1. The third kappa shape index (κ3) is 1.88. The zero-order valence-electron chi connectivity index (χ0n) is 12.5. The Labute approximate surface area is 134 Å². The van der Waals surface area contributed by atoms with E-state index in [1.807, 2.05) is 19.9 Å². The van der Waals surface area contributed by atoms with E-state index in [4.69, 9.17) is 0 Å². The number of anilines is 2. The average molecular weight is 335 g/mol. The van der Waals surface area contributed by atoms with Crippen molar-refractivity contribution in [1.82, 2.24) is 4.98 Å². The van der Waals surface area contributed by atoms with E-state index < -0.39 is 10.0 Å².